The average Bonchev–Trinajstić information content (AvgIpc) is 3.37. The molecule has 166 valence electrons. The molecule has 1 heterocycles. The third kappa shape index (κ3) is 5.08. The molecule has 2 atom stereocenters. The zero-order valence-electron chi connectivity index (χ0n) is 18.8. The lowest BCUT2D eigenvalue weighted by Gasteiger charge is -2.26. The summed E-state index contributed by atoms with van der Waals surface area (Å²) in [6.45, 7) is 9.72. The van der Waals surface area contributed by atoms with Crippen molar-refractivity contribution in [2.45, 2.75) is 71.9 Å². The first-order valence-electron chi connectivity index (χ1n) is 11.4. The summed E-state index contributed by atoms with van der Waals surface area (Å²) in [6, 6.07) is 6.04. The third-order valence-electron chi connectivity index (χ3n) is 6.19. The van der Waals surface area contributed by atoms with Crippen LogP contribution in [-0.4, -0.2) is 42.5 Å². The zero-order valence-corrected chi connectivity index (χ0v) is 18.8. The zero-order chi connectivity index (χ0) is 21.7. The first-order valence-corrected chi connectivity index (χ1v) is 11.4. The number of hydrogen-bond donors (Lipinski definition) is 1. The molecule has 1 aliphatic carbocycles. The smallest absolute Gasteiger partial charge is 0.225 e. The van der Waals surface area contributed by atoms with Gasteiger partial charge in [-0.05, 0) is 50.3 Å². The Morgan fingerprint density at radius 2 is 1.80 bits per heavy atom. The maximum absolute atomic E-state index is 13.1. The fourth-order valence-electron chi connectivity index (χ4n) is 4.64. The number of hydrogen-bond acceptors (Lipinski definition) is 4. The molecule has 1 aromatic rings. The minimum absolute atomic E-state index is 0.0330. The predicted molar refractivity (Wildman–Crippen MR) is 117 cm³/mol. The summed E-state index contributed by atoms with van der Waals surface area (Å²) < 4.78 is 11.4. The highest BCUT2D eigenvalue weighted by Gasteiger charge is 2.39. The molecule has 2 fully saturated rings. The van der Waals surface area contributed by atoms with Crippen LogP contribution < -0.4 is 14.8 Å². The van der Waals surface area contributed by atoms with Crippen LogP contribution >= 0.6 is 0 Å². The van der Waals surface area contributed by atoms with Crippen molar-refractivity contribution in [3.8, 4) is 11.5 Å². The third-order valence-corrected chi connectivity index (χ3v) is 6.19. The molecule has 6 nitrogen and oxygen atoms in total. The van der Waals surface area contributed by atoms with Gasteiger partial charge in [0.05, 0.1) is 25.2 Å². The van der Waals surface area contributed by atoms with Crippen molar-refractivity contribution in [1.82, 2.24) is 10.2 Å². The van der Waals surface area contributed by atoms with E-state index in [9.17, 15) is 9.59 Å². The molecule has 1 N–H and O–H groups in total. The van der Waals surface area contributed by atoms with Crippen LogP contribution in [0.5, 0.6) is 11.5 Å². The van der Waals surface area contributed by atoms with E-state index in [4.69, 9.17) is 9.47 Å². The Balaban J connectivity index is 1.71. The number of nitrogens with one attached hydrogen (secondary N) is 1. The highest BCUT2D eigenvalue weighted by molar-refractivity contribution is 5.89. The van der Waals surface area contributed by atoms with Gasteiger partial charge in [0.15, 0.2) is 11.5 Å². The molecule has 1 saturated carbocycles. The molecule has 0 bridgehead atoms. The number of nitrogens with zero attached hydrogens (tertiary/aromatic N) is 1. The Morgan fingerprint density at radius 1 is 1.13 bits per heavy atom. The van der Waals surface area contributed by atoms with Crippen molar-refractivity contribution in [1.29, 1.82) is 0 Å². The first kappa shape index (κ1) is 22.4. The monoisotopic (exact) mass is 416 g/mol. The average molecular weight is 417 g/mol. The molecule has 1 aromatic carbocycles. The van der Waals surface area contributed by atoms with E-state index in [0.717, 1.165) is 18.4 Å². The van der Waals surface area contributed by atoms with Crippen LogP contribution in [0.1, 0.15) is 71.4 Å². The number of ether oxygens (including phenoxy) is 2. The van der Waals surface area contributed by atoms with Gasteiger partial charge in [-0.1, -0.05) is 32.8 Å². The molecule has 0 aromatic heterocycles. The highest BCUT2D eigenvalue weighted by atomic mass is 16.5. The van der Waals surface area contributed by atoms with Gasteiger partial charge in [-0.15, -0.1) is 0 Å². The SMILES string of the molecule is CCOc1ccc(C(NC(=O)C2CC(=O)N(C3CCCC3)C2)C(C)C)cc1OCC. The van der Waals surface area contributed by atoms with Crippen LogP contribution in [0.3, 0.4) is 0 Å². The topological polar surface area (TPSA) is 67.9 Å². The Hall–Kier alpha value is -2.24. The number of carbonyl (C=O) groups is 2. The minimum atomic E-state index is -0.270. The van der Waals surface area contributed by atoms with E-state index in [1.807, 2.05) is 36.9 Å². The minimum Gasteiger partial charge on any atom is -0.490 e. The van der Waals surface area contributed by atoms with Gasteiger partial charge in [0.2, 0.25) is 11.8 Å². The number of benzene rings is 1. The summed E-state index contributed by atoms with van der Waals surface area (Å²) in [4.78, 5) is 27.5. The quantitative estimate of drug-likeness (QED) is 0.658. The van der Waals surface area contributed by atoms with E-state index in [1.165, 1.54) is 12.8 Å². The van der Waals surface area contributed by atoms with Crippen LogP contribution in [-0.2, 0) is 9.59 Å². The molecule has 2 aliphatic rings. The maximum atomic E-state index is 13.1. The van der Waals surface area contributed by atoms with Crippen molar-refractivity contribution >= 4 is 11.8 Å². The van der Waals surface area contributed by atoms with Crippen molar-refractivity contribution in [2.24, 2.45) is 11.8 Å². The van der Waals surface area contributed by atoms with Crippen molar-refractivity contribution in [3.05, 3.63) is 23.8 Å². The van der Waals surface area contributed by atoms with E-state index >= 15 is 0 Å². The second kappa shape index (κ2) is 10.2. The van der Waals surface area contributed by atoms with E-state index < -0.39 is 0 Å². The van der Waals surface area contributed by atoms with Gasteiger partial charge in [0.25, 0.3) is 0 Å². The number of carbonyl (C=O) groups excluding carboxylic acids is 2. The van der Waals surface area contributed by atoms with E-state index in [2.05, 4.69) is 19.2 Å². The second-order valence-corrected chi connectivity index (χ2v) is 8.69. The summed E-state index contributed by atoms with van der Waals surface area (Å²) in [5.41, 5.74) is 0.988. The van der Waals surface area contributed by atoms with Gasteiger partial charge in [-0.3, -0.25) is 9.59 Å². The lowest BCUT2D eigenvalue weighted by molar-refractivity contribution is -0.130. The van der Waals surface area contributed by atoms with E-state index in [-0.39, 0.29) is 29.7 Å². The van der Waals surface area contributed by atoms with Crippen molar-refractivity contribution in [3.63, 3.8) is 0 Å². The Morgan fingerprint density at radius 3 is 2.43 bits per heavy atom. The van der Waals surface area contributed by atoms with Crippen LogP contribution in [0.2, 0.25) is 0 Å². The van der Waals surface area contributed by atoms with Gasteiger partial charge in [-0.25, -0.2) is 0 Å². The molecule has 0 spiro atoms. The summed E-state index contributed by atoms with van der Waals surface area (Å²) in [7, 11) is 0. The highest BCUT2D eigenvalue weighted by Crippen LogP contribution is 2.34. The van der Waals surface area contributed by atoms with E-state index in [0.29, 0.717) is 43.7 Å². The molecule has 1 saturated heterocycles. The largest absolute Gasteiger partial charge is 0.490 e. The number of rotatable bonds is 9. The summed E-state index contributed by atoms with van der Waals surface area (Å²) in [5, 5.41) is 3.21. The maximum Gasteiger partial charge on any atom is 0.225 e. The van der Waals surface area contributed by atoms with E-state index in [1.54, 1.807) is 0 Å². The summed E-state index contributed by atoms with van der Waals surface area (Å²) in [6.07, 6.45) is 4.82. The first-order chi connectivity index (χ1) is 14.4. The fourth-order valence-corrected chi connectivity index (χ4v) is 4.64. The van der Waals surface area contributed by atoms with Crippen molar-refractivity contribution < 1.29 is 19.1 Å². The van der Waals surface area contributed by atoms with Crippen LogP contribution in [0.25, 0.3) is 0 Å². The van der Waals surface area contributed by atoms with Gasteiger partial charge in [-0.2, -0.15) is 0 Å². The molecular formula is C24H36N2O4. The second-order valence-electron chi connectivity index (χ2n) is 8.69. The number of likely N-dealkylation sites (tertiary alicyclic amines) is 1. The van der Waals surface area contributed by atoms with Crippen LogP contribution in [0.4, 0.5) is 0 Å². The molecule has 3 rings (SSSR count). The Labute approximate surface area is 180 Å². The molecule has 0 radical (unpaired) electrons. The fraction of sp³-hybridized carbons (Fsp3) is 0.667. The van der Waals surface area contributed by atoms with Gasteiger partial charge < -0.3 is 19.7 Å². The normalized spacial score (nSPS) is 20.6. The molecular weight excluding hydrogens is 380 g/mol. The molecule has 1 aliphatic heterocycles. The lowest BCUT2D eigenvalue weighted by atomic mass is 9.94. The molecule has 6 heteroatoms. The molecule has 2 amide bonds. The van der Waals surface area contributed by atoms with Crippen LogP contribution in [0.15, 0.2) is 18.2 Å². The number of amides is 2. The van der Waals surface area contributed by atoms with Crippen molar-refractivity contribution in [2.75, 3.05) is 19.8 Å². The molecule has 30 heavy (non-hydrogen) atoms. The summed E-state index contributed by atoms with van der Waals surface area (Å²) in [5.74, 6) is 1.43. The standard InChI is InChI=1S/C24H36N2O4/c1-5-29-20-12-11-17(13-21(20)30-6-2)23(16(3)4)25-24(28)18-14-22(27)26(15-18)19-9-7-8-10-19/h11-13,16,18-19,23H,5-10,14-15H2,1-4H3,(H,25,28). The lowest BCUT2D eigenvalue weighted by Crippen LogP contribution is -2.39. The Kier molecular flexibility index (Phi) is 7.62. The summed E-state index contributed by atoms with van der Waals surface area (Å²) >= 11 is 0. The predicted octanol–water partition coefficient (Wildman–Crippen LogP) is 4.09. The van der Waals surface area contributed by atoms with Gasteiger partial charge in [0.1, 0.15) is 0 Å². The molecule has 2 unspecified atom stereocenters. The van der Waals surface area contributed by atoms with Gasteiger partial charge in [0, 0.05) is 19.0 Å². The Bertz CT molecular complexity index is 743. The van der Waals surface area contributed by atoms with Crippen LogP contribution in [0, 0.1) is 11.8 Å². The van der Waals surface area contributed by atoms with Gasteiger partial charge >= 0.3 is 0 Å².